The zero-order valence-corrected chi connectivity index (χ0v) is 15.7. The van der Waals surface area contributed by atoms with Crippen molar-refractivity contribution in [3.05, 3.63) is 62.1 Å². The number of thiophene rings is 1. The van der Waals surface area contributed by atoms with Crippen LogP contribution in [0.15, 0.2) is 40.5 Å². The van der Waals surface area contributed by atoms with Gasteiger partial charge in [-0.3, -0.25) is 9.59 Å². The lowest BCUT2D eigenvalue weighted by Crippen LogP contribution is -2.49. The van der Waals surface area contributed by atoms with E-state index in [-0.39, 0.29) is 17.0 Å². The largest absolute Gasteiger partial charge is 0.366 e. The van der Waals surface area contributed by atoms with Crippen LogP contribution in [0.1, 0.15) is 20.8 Å². The van der Waals surface area contributed by atoms with Crippen molar-refractivity contribution >= 4 is 33.8 Å². The van der Waals surface area contributed by atoms with Crippen LogP contribution in [0.2, 0.25) is 0 Å². The molecule has 1 amide bonds. The lowest BCUT2D eigenvalue weighted by molar-refractivity contribution is 0.0752. The van der Waals surface area contributed by atoms with Gasteiger partial charge >= 0.3 is 0 Å². The number of nitrogens with one attached hydrogen (secondary N) is 1. The molecule has 3 heterocycles. The summed E-state index contributed by atoms with van der Waals surface area (Å²) in [5.74, 6) is 0.0387. The maximum absolute atomic E-state index is 12.5. The van der Waals surface area contributed by atoms with E-state index in [2.05, 4.69) is 11.1 Å². The minimum Gasteiger partial charge on any atom is -0.366 e. The van der Waals surface area contributed by atoms with Gasteiger partial charge in [0, 0.05) is 31.6 Å². The highest BCUT2D eigenvalue weighted by molar-refractivity contribution is 7.12. The summed E-state index contributed by atoms with van der Waals surface area (Å²) in [6.45, 7) is 4.26. The van der Waals surface area contributed by atoms with Crippen LogP contribution in [0.5, 0.6) is 0 Å². The van der Waals surface area contributed by atoms with Gasteiger partial charge in [0.1, 0.15) is 11.6 Å². The number of aromatic nitrogens is 1. The smallest absolute Gasteiger partial charge is 0.268 e. The second kappa shape index (κ2) is 6.89. The fourth-order valence-electron chi connectivity index (χ4n) is 3.51. The van der Waals surface area contributed by atoms with Crippen molar-refractivity contribution in [2.24, 2.45) is 0 Å². The number of benzene rings is 1. The van der Waals surface area contributed by atoms with Crippen molar-refractivity contribution in [1.29, 1.82) is 5.26 Å². The van der Waals surface area contributed by atoms with Crippen molar-refractivity contribution < 1.29 is 4.79 Å². The Morgan fingerprint density at radius 2 is 2.00 bits per heavy atom. The second-order valence-electron chi connectivity index (χ2n) is 6.60. The fraction of sp³-hybridized carbons (Fsp3) is 0.250. The molecule has 0 saturated carbocycles. The van der Waals surface area contributed by atoms with Crippen LogP contribution in [-0.2, 0) is 0 Å². The molecule has 6 nitrogen and oxygen atoms in total. The minimum absolute atomic E-state index is 0.0387. The number of piperazine rings is 1. The van der Waals surface area contributed by atoms with Crippen LogP contribution < -0.4 is 10.5 Å². The molecule has 1 N–H and O–H groups in total. The van der Waals surface area contributed by atoms with Gasteiger partial charge in [-0.25, -0.2) is 0 Å². The average Bonchev–Trinajstić information content (AvgIpc) is 3.22. The third-order valence-electron chi connectivity index (χ3n) is 4.87. The lowest BCUT2D eigenvalue weighted by Gasteiger charge is -2.36. The van der Waals surface area contributed by atoms with E-state index in [1.165, 1.54) is 11.3 Å². The fourth-order valence-corrected chi connectivity index (χ4v) is 4.20. The van der Waals surface area contributed by atoms with E-state index >= 15 is 0 Å². The van der Waals surface area contributed by atoms with Crippen molar-refractivity contribution in [1.82, 2.24) is 9.88 Å². The number of aryl methyl sites for hydroxylation is 1. The molecule has 136 valence electrons. The lowest BCUT2D eigenvalue weighted by atomic mass is 10.1. The molecule has 1 saturated heterocycles. The Morgan fingerprint density at radius 1 is 1.22 bits per heavy atom. The summed E-state index contributed by atoms with van der Waals surface area (Å²) >= 11 is 1.44. The third-order valence-corrected chi connectivity index (χ3v) is 5.73. The minimum atomic E-state index is -0.374. The number of anilines is 1. The molecule has 0 unspecified atom stereocenters. The van der Waals surface area contributed by atoms with Crippen LogP contribution in [-0.4, -0.2) is 42.0 Å². The monoisotopic (exact) mass is 378 g/mol. The van der Waals surface area contributed by atoms with E-state index < -0.39 is 0 Å². The Kier molecular flexibility index (Phi) is 4.42. The highest BCUT2D eigenvalue weighted by atomic mass is 32.1. The van der Waals surface area contributed by atoms with E-state index in [0.29, 0.717) is 31.9 Å². The van der Waals surface area contributed by atoms with Crippen LogP contribution >= 0.6 is 11.3 Å². The molecule has 27 heavy (non-hydrogen) atoms. The number of carbonyl (C=O) groups excluding carboxylic acids is 1. The van der Waals surface area contributed by atoms with E-state index in [4.69, 9.17) is 0 Å². The topological polar surface area (TPSA) is 80.2 Å². The normalized spacial score (nSPS) is 14.4. The van der Waals surface area contributed by atoms with Gasteiger partial charge < -0.3 is 14.8 Å². The quantitative estimate of drug-likeness (QED) is 0.744. The molecule has 1 fully saturated rings. The average molecular weight is 378 g/mol. The SMILES string of the molecule is Cc1ccc2[nH]c(=O)c(C#N)c(N3CCN(C(=O)c4cccs4)CC3)c2c1. The van der Waals surface area contributed by atoms with Gasteiger partial charge in [0.05, 0.1) is 16.1 Å². The summed E-state index contributed by atoms with van der Waals surface area (Å²) in [6, 6.07) is 11.6. The van der Waals surface area contributed by atoms with E-state index in [0.717, 1.165) is 21.3 Å². The van der Waals surface area contributed by atoms with Crippen LogP contribution in [0.4, 0.5) is 5.69 Å². The number of fused-ring (bicyclic) bond motifs is 1. The summed E-state index contributed by atoms with van der Waals surface area (Å²) < 4.78 is 0. The number of nitrogens with zero attached hydrogens (tertiary/aromatic N) is 3. The molecule has 2 aromatic heterocycles. The molecule has 0 atom stereocenters. The Morgan fingerprint density at radius 3 is 2.67 bits per heavy atom. The third kappa shape index (κ3) is 3.09. The van der Waals surface area contributed by atoms with Crippen molar-refractivity contribution in [3.63, 3.8) is 0 Å². The number of pyridine rings is 1. The van der Waals surface area contributed by atoms with Gasteiger partial charge in [-0.15, -0.1) is 11.3 Å². The number of carbonyl (C=O) groups is 1. The maximum Gasteiger partial charge on any atom is 0.268 e. The van der Waals surface area contributed by atoms with E-state index in [9.17, 15) is 14.9 Å². The summed E-state index contributed by atoms with van der Waals surface area (Å²) in [4.78, 5) is 32.3. The molecule has 7 heteroatoms. The first kappa shape index (κ1) is 17.3. The Bertz CT molecular complexity index is 1100. The number of aromatic amines is 1. The van der Waals surface area contributed by atoms with Gasteiger partial charge in [-0.2, -0.15) is 5.26 Å². The van der Waals surface area contributed by atoms with E-state index in [1.54, 1.807) is 0 Å². The number of rotatable bonds is 2. The molecule has 1 aliphatic rings. The van der Waals surface area contributed by atoms with Crippen LogP contribution in [0, 0.1) is 18.3 Å². The highest BCUT2D eigenvalue weighted by Gasteiger charge is 2.26. The molecule has 4 rings (SSSR count). The van der Waals surface area contributed by atoms with Gasteiger partial charge in [-0.1, -0.05) is 17.7 Å². The molecule has 1 aliphatic heterocycles. The molecule has 0 radical (unpaired) electrons. The maximum atomic E-state index is 12.5. The highest BCUT2D eigenvalue weighted by Crippen LogP contribution is 2.29. The van der Waals surface area contributed by atoms with Gasteiger partial charge in [0.15, 0.2) is 0 Å². The molecule has 0 spiro atoms. The van der Waals surface area contributed by atoms with Crippen molar-refractivity contribution in [3.8, 4) is 6.07 Å². The molecule has 1 aromatic carbocycles. The van der Waals surface area contributed by atoms with Gasteiger partial charge in [0.2, 0.25) is 0 Å². The molecule has 0 aliphatic carbocycles. The molecular weight excluding hydrogens is 360 g/mol. The standard InChI is InChI=1S/C20H18N4O2S/c1-13-4-5-16-14(11-13)18(15(12-21)19(25)22-16)23-6-8-24(9-7-23)20(26)17-3-2-10-27-17/h2-5,10-11H,6-9H2,1H3,(H,22,25). The number of H-pyrrole nitrogens is 1. The first-order valence-corrected chi connectivity index (χ1v) is 9.61. The first-order chi connectivity index (χ1) is 13.1. The number of hydrogen-bond acceptors (Lipinski definition) is 5. The molecular formula is C20H18N4O2S. The summed E-state index contributed by atoms with van der Waals surface area (Å²) in [6.07, 6.45) is 0. The number of amides is 1. The van der Waals surface area contributed by atoms with E-state index in [1.807, 2.05) is 52.4 Å². The van der Waals surface area contributed by atoms with Gasteiger partial charge in [0.25, 0.3) is 11.5 Å². The predicted molar refractivity (Wildman–Crippen MR) is 106 cm³/mol. The molecule has 0 bridgehead atoms. The Labute approximate surface area is 160 Å². The summed E-state index contributed by atoms with van der Waals surface area (Å²) in [7, 11) is 0. The number of nitriles is 1. The second-order valence-corrected chi connectivity index (χ2v) is 7.54. The van der Waals surface area contributed by atoms with Crippen molar-refractivity contribution in [2.75, 3.05) is 31.1 Å². The summed E-state index contributed by atoms with van der Waals surface area (Å²) in [5.41, 5.74) is 2.21. The van der Waals surface area contributed by atoms with Crippen molar-refractivity contribution in [2.45, 2.75) is 6.92 Å². The molecule has 3 aromatic rings. The first-order valence-electron chi connectivity index (χ1n) is 8.73. The number of hydrogen-bond donors (Lipinski definition) is 1. The van der Waals surface area contributed by atoms with Gasteiger partial charge in [-0.05, 0) is 30.5 Å². The zero-order chi connectivity index (χ0) is 19.0. The Balaban J connectivity index is 1.68. The van der Waals surface area contributed by atoms with Crippen LogP contribution in [0.25, 0.3) is 10.9 Å². The predicted octanol–water partition coefficient (Wildman–Crippen LogP) is 2.73. The van der Waals surface area contributed by atoms with Crippen LogP contribution in [0.3, 0.4) is 0 Å². The zero-order valence-electron chi connectivity index (χ0n) is 14.9. The Hall–Kier alpha value is -3.11. The summed E-state index contributed by atoms with van der Waals surface area (Å²) in [5, 5.41) is 12.3.